The number of rotatable bonds is 5. The largest absolute Gasteiger partial charge is 0.497 e. The van der Waals surface area contributed by atoms with Crippen LogP contribution in [0.4, 0.5) is 0 Å². The number of ether oxygens (including phenoxy) is 1. The lowest BCUT2D eigenvalue weighted by atomic mass is 9.54. The summed E-state index contributed by atoms with van der Waals surface area (Å²) in [5.41, 5.74) is 8.13. The van der Waals surface area contributed by atoms with Crippen molar-refractivity contribution in [3.8, 4) is 5.75 Å². The van der Waals surface area contributed by atoms with Crippen LogP contribution in [0.2, 0.25) is 0 Å². The average Bonchev–Trinajstić information content (AvgIpc) is 3.52. The van der Waals surface area contributed by atoms with E-state index in [-0.39, 0.29) is 11.2 Å². The van der Waals surface area contributed by atoms with Crippen LogP contribution in [0.15, 0.2) is 83.1 Å². The van der Waals surface area contributed by atoms with E-state index in [4.69, 9.17) is 4.74 Å². The lowest BCUT2D eigenvalue weighted by Crippen LogP contribution is -2.40. The van der Waals surface area contributed by atoms with Crippen LogP contribution in [0.3, 0.4) is 0 Å². The monoisotopic (exact) mass is 480 g/mol. The molecule has 178 valence electrons. The fraction of sp³-hybridized carbons (Fsp3) is 0.344. The lowest BCUT2D eigenvalue weighted by Gasteiger charge is -2.50. The maximum Gasteiger partial charge on any atom is 0.185 e. The van der Waals surface area contributed by atoms with E-state index in [1.165, 1.54) is 41.5 Å². The Kier molecular flexibility index (Phi) is 5.76. The summed E-state index contributed by atoms with van der Waals surface area (Å²) in [5.74, 6) is 2.97. The second-order valence-corrected chi connectivity index (χ2v) is 11.4. The fourth-order valence-electron chi connectivity index (χ4n) is 7.35. The quantitative estimate of drug-likeness (QED) is 0.272. The molecule has 2 aromatic carbocycles. The molecule has 0 N–H and O–H groups in total. The average molecular weight is 481 g/mol. The zero-order valence-corrected chi connectivity index (χ0v) is 21.3. The van der Waals surface area contributed by atoms with Gasteiger partial charge in [0.15, 0.2) is 5.78 Å². The molecule has 0 spiro atoms. The van der Waals surface area contributed by atoms with Crippen molar-refractivity contribution >= 4 is 22.7 Å². The van der Waals surface area contributed by atoms with Crippen LogP contribution in [0.25, 0.3) is 5.57 Å². The van der Waals surface area contributed by atoms with Crippen molar-refractivity contribution in [1.82, 2.24) is 0 Å². The van der Waals surface area contributed by atoms with E-state index in [2.05, 4.69) is 48.0 Å². The van der Waals surface area contributed by atoms with Gasteiger partial charge in [0, 0.05) is 5.56 Å². The highest BCUT2D eigenvalue weighted by molar-refractivity contribution is 7.08. The van der Waals surface area contributed by atoms with Crippen LogP contribution in [-0.2, 0) is 6.42 Å². The molecular formula is C32H32O2S. The molecule has 1 saturated carbocycles. The molecule has 6 rings (SSSR count). The summed E-state index contributed by atoms with van der Waals surface area (Å²) >= 11 is 1.77. The smallest absolute Gasteiger partial charge is 0.185 e. The topological polar surface area (TPSA) is 26.3 Å². The van der Waals surface area contributed by atoms with Crippen molar-refractivity contribution in [3.63, 3.8) is 0 Å². The molecule has 1 fully saturated rings. The number of methoxy groups -OCH3 is 1. The summed E-state index contributed by atoms with van der Waals surface area (Å²) in [6.07, 6.45) is 9.80. The van der Waals surface area contributed by atoms with Gasteiger partial charge in [0.2, 0.25) is 0 Å². The number of carbonyl (C=O) groups excluding carboxylic acids is 1. The third-order valence-corrected chi connectivity index (χ3v) is 9.64. The van der Waals surface area contributed by atoms with Gasteiger partial charge in [-0.2, -0.15) is 11.3 Å². The Hall–Kier alpha value is -2.91. The Bertz CT molecular complexity index is 1300. The number of carbonyl (C=O) groups is 1. The number of aryl methyl sites for hydroxylation is 1. The zero-order chi connectivity index (χ0) is 24.0. The van der Waals surface area contributed by atoms with Crippen molar-refractivity contribution in [2.24, 2.45) is 17.3 Å². The SMILES string of the molecule is COc1ccc2c(c1)CC[C@@H]1[C@@H]2CC[C@]2(C)C(c3ccsc3)=C(/C=C/C(=O)c3ccccc3)C[C@@H]12. The van der Waals surface area contributed by atoms with Crippen LogP contribution in [0, 0.1) is 17.3 Å². The predicted molar refractivity (Wildman–Crippen MR) is 144 cm³/mol. The van der Waals surface area contributed by atoms with Gasteiger partial charge in [0.1, 0.15) is 5.75 Å². The number of thiophene rings is 1. The second kappa shape index (κ2) is 8.95. The molecule has 35 heavy (non-hydrogen) atoms. The summed E-state index contributed by atoms with van der Waals surface area (Å²) in [4.78, 5) is 12.9. The molecule has 0 amide bonds. The standard InChI is InChI=1S/C32H32O2S/c1-32-16-14-27-26-12-10-25(34-2)18-22(26)8-11-28(27)29(32)19-23(31(32)24-15-17-35-20-24)9-13-30(33)21-6-4-3-5-7-21/h3-7,9-10,12-13,15,17-18,20,27-29H,8,11,14,16,19H2,1-2H3/b13-9+/t27-,28-,29+,32+/m1/s1. The molecule has 4 atom stereocenters. The Morgan fingerprint density at radius 2 is 1.97 bits per heavy atom. The molecule has 0 aliphatic heterocycles. The van der Waals surface area contributed by atoms with Crippen LogP contribution in [0.1, 0.15) is 65.6 Å². The van der Waals surface area contributed by atoms with Crippen molar-refractivity contribution < 1.29 is 9.53 Å². The highest BCUT2D eigenvalue weighted by Crippen LogP contribution is 2.65. The summed E-state index contributed by atoms with van der Waals surface area (Å²) in [7, 11) is 1.76. The molecular weight excluding hydrogens is 448 g/mol. The van der Waals surface area contributed by atoms with E-state index in [0.29, 0.717) is 17.8 Å². The second-order valence-electron chi connectivity index (χ2n) is 10.6. The first kappa shape index (κ1) is 22.5. The molecule has 3 heteroatoms. The fourth-order valence-corrected chi connectivity index (χ4v) is 7.99. The van der Waals surface area contributed by atoms with E-state index < -0.39 is 0 Å². The Morgan fingerprint density at radius 3 is 2.74 bits per heavy atom. The molecule has 0 saturated heterocycles. The minimum Gasteiger partial charge on any atom is -0.497 e. The minimum absolute atomic E-state index is 0.0845. The number of allylic oxidation sites excluding steroid dienone is 4. The maximum atomic E-state index is 12.9. The molecule has 1 heterocycles. The zero-order valence-electron chi connectivity index (χ0n) is 20.5. The third-order valence-electron chi connectivity index (χ3n) is 8.96. The lowest BCUT2D eigenvalue weighted by molar-refractivity contribution is 0.0880. The Morgan fingerprint density at radius 1 is 1.11 bits per heavy atom. The predicted octanol–water partition coefficient (Wildman–Crippen LogP) is 8.12. The van der Waals surface area contributed by atoms with Crippen LogP contribution < -0.4 is 4.74 Å². The maximum absolute atomic E-state index is 12.9. The van der Waals surface area contributed by atoms with Gasteiger partial charge in [-0.3, -0.25) is 4.79 Å². The van der Waals surface area contributed by atoms with E-state index in [1.807, 2.05) is 30.3 Å². The van der Waals surface area contributed by atoms with E-state index in [1.54, 1.807) is 30.1 Å². The van der Waals surface area contributed by atoms with E-state index in [0.717, 1.165) is 24.2 Å². The van der Waals surface area contributed by atoms with Gasteiger partial charge in [-0.05, 0) is 118 Å². The normalized spacial score (nSPS) is 27.4. The molecule has 0 radical (unpaired) electrons. The van der Waals surface area contributed by atoms with Gasteiger partial charge in [-0.15, -0.1) is 0 Å². The summed E-state index contributed by atoms with van der Waals surface area (Å²) in [5, 5.41) is 4.48. The van der Waals surface area contributed by atoms with Gasteiger partial charge in [0.05, 0.1) is 7.11 Å². The first-order valence-corrected chi connectivity index (χ1v) is 13.7. The first-order chi connectivity index (χ1) is 17.1. The van der Waals surface area contributed by atoms with Gasteiger partial charge >= 0.3 is 0 Å². The highest BCUT2D eigenvalue weighted by atomic mass is 32.1. The summed E-state index contributed by atoms with van der Waals surface area (Å²) < 4.78 is 5.51. The van der Waals surface area contributed by atoms with Crippen molar-refractivity contribution in [2.45, 2.75) is 44.9 Å². The highest BCUT2D eigenvalue weighted by Gasteiger charge is 2.53. The van der Waals surface area contributed by atoms with Crippen LogP contribution >= 0.6 is 11.3 Å². The molecule has 2 nitrogen and oxygen atoms in total. The molecule has 3 aliphatic carbocycles. The number of fused-ring (bicyclic) bond motifs is 5. The first-order valence-electron chi connectivity index (χ1n) is 12.8. The minimum atomic E-state index is 0.0845. The molecule has 0 bridgehead atoms. The van der Waals surface area contributed by atoms with E-state index >= 15 is 0 Å². The van der Waals surface area contributed by atoms with Gasteiger partial charge in [-0.1, -0.05) is 49.4 Å². The van der Waals surface area contributed by atoms with Crippen LogP contribution in [0.5, 0.6) is 5.75 Å². The molecule has 1 aromatic heterocycles. The van der Waals surface area contributed by atoms with Crippen LogP contribution in [-0.4, -0.2) is 12.9 Å². The van der Waals surface area contributed by atoms with Gasteiger partial charge in [0.25, 0.3) is 0 Å². The van der Waals surface area contributed by atoms with Crippen molar-refractivity contribution in [2.75, 3.05) is 7.11 Å². The molecule has 3 aliphatic rings. The Balaban J connectivity index is 1.35. The van der Waals surface area contributed by atoms with Crippen molar-refractivity contribution in [1.29, 1.82) is 0 Å². The molecule has 0 unspecified atom stereocenters. The Labute approximate surface area is 212 Å². The number of ketones is 1. The van der Waals surface area contributed by atoms with Gasteiger partial charge in [-0.25, -0.2) is 0 Å². The summed E-state index contributed by atoms with van der Waals surface area (Å²) in [6, 6.07) is 18.6. The van der Waals surface area contributed by atoms with Gasteiger partial charge < -0.3 is 4.74 Å². The third kappa shape index (κ3) is 3.81. The summed E-state index contributed by atoms with van der Waals surface area (Å²) in [6.45, 7) is 2.50. The number of benzene rings is 2. The van der Waals surface area contributed by atoms with Crippen molar-refractivity contribution in [3.05, 3.63) is 105 Å². The molecule has 3 aromatic rings. The number of hydrogen-bond acceptors (Lipinski definition) is 3. The number of hydrogen-bond donors (Lipinski definition) is 0. The van der Waals surface area contributed by atoms with E-state index in [9.17, 15) is 4.79 Å².